The third-order valence-corrected chi connectivity index (χ3v) is 6.73. The zero-order valence-corrected chi connectivity index (χ0v) is 18.4. The highest BCUT2D eigenvalue weighted by Gasteiger charge is 2.36. The number of rotatable bonds is 2. The second-order valence-corrected chi connectivity index (χ2v) is 8.71. The van der Waals surface area contributed by atoms with E-state index in [0.29, 0.717) is 0 Å². The molecule has 5 aromatic carbocycles. The summed E-state index contributed by atoms with van der Waals surface area (Å²) in [6, 6.07) is 40.0. The van der Waals surface area contributed by atoms with Crippen molar-refractivity contribution in [2.45, 2.75) is 0 Å². The van der Waals surface area contributed by atoms with Crippen molar-refractivity contribution >= 4 is 41.3 Å². The SMILES string of the molecule is [B]1c2ccccc2Oc2ccc3c(c21)Oc1ccccc1B3c1ccccc1-c1ccccc1. The highest BCUT2D eigenvalue weighted by atomic mass is 16.5. The molecule has 34 heavy (non-hydrogen) atoms. The molecular weight excluding hydrogens is 414 g/mol. The van der Waals surface area contributed by atoms with Gasteiger partial charge in [0.25, 0.3) is 6.71 Å². The van der Waals surface area contributed by atoms with Crippen LogP contribution in [0.1, 0.15) is 0 Å². The zero-order valence-electron chi connectivity index (χ0n) is 18.4. The lowest BCUT2D eigenvalue weighted by atomic mass is 9.34. The Bertz CT molecular complexity index is 1550. The van der Waals surface area contributed by atoms with Crippen molar-refractivity contribution in [2.75, 3.05) is 0 Å². The molecule has 0 unspecified atom stereocenters. The Kier molecular flexibility index (Phi) is 4.38. The summed E-state index contributed by atoms with van der Waals surface area (Å²) in [4.78, 5) is 0. The van der Waals surface area contributed by atoms with E-state index in [-0.39, 0.29) is 6.71 Å². The molecule has 1 radical (unpaired) electrons. The summed E-state index contributed by atoms with van der Waals surface area (Å²) in [5.41, 5.74) is 8.10. The Morgan fingerprint density at radius 2 is 1.21 bits per heavy atom. The van der Waals surface area contributed by atoms with Crippen molar-refractivity contribution in [3.05, 3.63) is 115 Å². The van der Waals surface area contributed by atoms with Gasteiger partial charge >= 0.3 is 0 Å². The Morgan fingerprint density at radius 3 is 2.09 bits per heavy atom. The van der Waals surface area contributed by atoms with Gasteiger partial charge in [0.15, 0.2) is 0 Å². The second kappa shape index (κ2) is 7.71. The largest absolute Gasteiger partial charge is 0.459 e. The Morgan fingerprint density at radius 1 is 0.500 bits per heavy atom. The molecule has 0 aromatic heterocycles. The zero-order chi connectivity index (χ0) is 22.5. The molecule has 0 N–H and O–H groups in total. The van der Waals surface area contributed by atoms with Crippen LogP contribution >= 0.6 is 0 Å². The van der Waals surface area contributed by atoms with Gasteiger partial charge < -0.3 is 9.47 Å². The van der Waals surface area contributed by atoms with Crippen molar-refractivity contribution in [3.8, 4) is 34.1 Å². The summed E-state index contributed by atoms with van der Waals surface area (Å²) in [6.45, 7) is 0.0484. The average molecular weight is 433 g/mol. The van der Waals surface area contributed by atoms with Crippen molar-refractivity contribution in [1.82, 2.24) is 0 Å². The maximum atomic E-state index is 6.58. The molecule has 5 aromatic rings. The minimum Gasteiger partial charge on any atom is -0.459 e. The molecule has 4 heteroatoms. The van der Waals surface area contributed by atoms with Crippen LogP contribution in [-0.4, -0.2) is 14.0 Å². The standard InChI is InChI=1S/C30H19B2O2/c1-2-10-20(11-3-1)21-12-4-6-14-23(21)32-24-15-7-9-17-27(24)34-30-25(32)18-19-28-29(30)31-22-13-5-8-16-26(22)33-28/h1-19H. The summed E-state index contributed by atoms with van der Waals surface area (Å²) >= 11 is 0. The smallest absolute Gasteiger partial charge is 0.251 e. The van der Waals surface area contributed by atoms with Crippen molar-refractivity contribution in [1.29, 1.82) is 0 Å². The molecule has 0 atom stereocenters. The molecule has 2 aliphatic heterocycles. The predicted molar refractivity (Wildman–Crippen MR) is 141 cm³/mol. The highest BCUT2D eigenvalue weighted by Crippen LogP contribution is 2.30. The van der Waals surface area contributed by atoms with Gasteiger partial charge in [-0.25, -0.2) is 0 Å². The fourth-order valence-corrected chi connectivity index (χ4v) is 5.19. The summed E-state index contributed by atoms with van der Waals surface area (Å²) < 4.78 is 12.8. The summed E-state index contributed by atoms with van der Waals surface area (Å²) in [6.07, 6.45) is 0. The van der Waals surface area contributed by atoms with E-state index in [2.05, 4.69) is 98.3 Å². The number of ether oxygens (including phenoxy) is 2. The normalized spacial score (nSPS) is 12.8. The van der Waals surface area contributed by atoms with E-state index in [9.17, 15) is 0 Å². The molecule has 2 heterocycles. The number of hydrogen-bond acceptors (Lipinski definition) is 2. The molecule has 0 saturated heterocycles. The van der Waals surface area contributed by atoms with E-state index in [1.54, 1.807) is 0 Å². The fraction of sp³-hybridized carbons (Fsp3) is 0. The van der Waals surface area contributed by atoms with Crippen LogP contribution in [0.4, 0.5) is 0 Å². The molecule has 0 spiro atoms. The van der Waals surface area contributed by atoms with Gasteiger partial charge in [-0.15, -0.1) is 0 Å². The first-order chi connectivity index (χ1) is 16.9. The van der Waals surface area contributed by atoms with Gasteiger partial charge in [0.2, 0.25) is 7.28 Å². The van der Waals surface area contributed by atoms with Crippen LogP contribution < -0.4 is 36.8 Å². The first-order valence-corrected chi connectivity index (χ1v) is 11.6. The molecule has 2 nitrogen and oxygen atoms in total. The van der Waals surface area contributed by atoms with Crippen molar-refractivity contribution in [2.24, 2.45) is 0 Å². The van der Waals surface area contributed by atoms with Crippen molar-refractivity contribution < 1.29 is 9.47 Å². The van der Waals surface area contributed by atoms with Crippen LogP contribution in [0.3, 0.4) is 0 Å². The average Bonchev–Trinajstić information content (AvgIpc) is 2.91. The van der Waals surface area contributed by atoms with Crippen molar-refractivity contribution in [3.63, 3.8) is 0 Å². The van der Waals surface area contributed by atoms with Crippen LogP contribution in [-0.2, 0) is 0 Å². The molecule has 7 rings (SSSR count). The van der Waals surface area contributed by atoms with E-state index < -0.39 is 0 Å². The van der Waals surface area contributed by atoms with E-state index >= 15 is 0 Å². The molecule has 2 aliphatic rings. The maximum Gasteiger partial charge on any atom is 0.251 e. The summed E-state index contributed by atoms with van der Waals surface area (Å²) in [7, 11) is 2.18. The van der Waals surface area contributed by atoms with Gasteiger partial charge in [0, 0.05) is 5.46 Å². The van der Waals surface area contributed by atoms with Crippen LogP contribution in [0.2, 0.25) is 0 Å². The first-order valence-electron chi connectivity index (χ1n) is 11.6. The highest BCUT2D eigenvalue weighted by molar-refractivity contribution is 6.98. The molecule has 0 fully saturated rings. The predicted octanol–water partition coefficient (Wildman–Crippen LogP) is 3.74. The monoisotopic (exact) mass is 433 g/mol. The number of hydrogen-bond donors (Lipinski definition) is 0. The fourth-order valence-electron chi connectivity index (χ4n) is 5.19. The Hall–Kier alpha value is -4.17. The Balaban J connectivity index is 1.46. The van der Waals surface area contributed by atoms with Gasteiger partial charge in [-0.2, -0.15) is 0 Å². The minimum absolute atomic E-state index is 0.0484. The van der Waals surface area contributed by atoms with E-state index in [0.717, 1.165) is 39.4 Å². The maximum absolute atomic E-state index is 6.58. The van der Waals surface area contributed by atoms with Gasteiger partial charge in [-0.05, 0) is 45.7 Å². The lowest BCUT2D eigenvalue weighted by Gasteiger charge is -2.31. The van der Waals surface area contributed by atoms with Crippen LogP contribution in [0.25, 0.3) is 11.1 Å². The van der Waals surface area contributed by atoms with Gasteiger partial charge in [0.1, 0.15) is 23.0 Å². The molecular formula is C30H19B2O2. The topological polar surface area (TPSA) is 18.5 Å². The molecule has 0 saturated carbocycles. The van der Waals surface area contributed by atoms with E-state index in [4.69, 9.17) is 9.47 Å². The van der Waals surface area contributed by atoms with E-state index in [1.165, 1.54) is 22.1 Å². The van der Waals surface area contributed by atoms with Gasteiger partial charge in [0.05, 0.1) is 0 Å². The molecule has 0 amide bonds. The van der Waals surface area contributed by atoms with Crippen LogP contribution in [0, 0.1) is 0 Å². The molecule has 0 aliphatic carbocycles. The Labute approximate surface area is 200 Å². The number of fused-ring (bicyclic) bond motifs is 5. The quantitative estimate of drug-likeness (QED) is 0.387. The second-order valence-electron chi connectivity index (χ2n) is 8.71. The molecule has 157 valence electrons. The summed E-state index contributed by atoms with van der Waals surface area (Å²) in [5, 5.41) is 0. The lowest BCUT2D eigenvalue weighted by molar-refractivity contribution is 0.469. The van der Waals surface area contributed by atoms with Gasteiger partial charge in [-0.1, -0.05) is 103 Å². The third kappa shape index (κ3) is 2.99. The summed E-state index contributed by atoms with van der Waals surface area (Å²) in [5.74, 6) is 3.46. The number of benzene rings is 5. The third-order valence-electron chi connectivity index (χ3n) is 6.73. The number of para-hydroxylation sites is 2. The van der Waals surface area contributed by atoms with E-state index in [1.807, 2.05) is 24.3 Å². The van der Waals surface area contributed by atoms with Gasteiger partial charge in [-0.3, -0.25) is 0 Å². The van der Waals surface area contributed by atoms with Crippen LogP contribution in [0.5, 0.6) is 23.0 Å². The lowest BCUT2D eigenvalue weighted by Crippen LogP contribution is -2.57. The van der Waals surface area contributed by atoms with Crippen LogP contribution in [0.15, 0.2) is 115 Å². The first kappa shape index (κ1) is 19.3. The minimum atomic E-state index is 0.0484. The molecule has 0 bridgehead atoms.